The maximum atomic E-state index is 12.9. The van der Waals surface area contributed by atoms with E-state index >= 15 is 0 Å². The van der Waals surface area contributed by atoms with Crippen molar-refractivity contribution in [1.29, 1.82) is 0 Å². The van der Waals surface area contributed by atoms with E-state index in [1.165, 1.54) is 0 Å². The standard InChI is InChI=1S/C25H29N7O2/c1-16-6-7-17(24(33)28-23-11-22(25(2,3)4)30(5)29-23)10-21(16)34-18-14-31(15-18)19-13-27-32-9-8-26-12-20(19)32/h6-13,18H,14-15H2,1-5H3,(H,28,29,33). The molecule has 5 rings (SSSR count). The smallest absolute Gasteiger partial charge is 0.256 e. The summed E-state index contributed by atoms with van der Waals surface area (Å²) < 4.78 is 9.87. The summed E-state index contributed by atoms with van der Waals surface area (Å²) in [5, 5.41) is 11.7. The molecule has 0 atom stereocenters. The summed E-state index contributed by atoms with van der Waals surface area (Å²) in [4.78, 5) is 19.3. The van der Waals surface area contributed by atoms with Crippen molar-refractivity contribution >= 4 is 22.9 Å². The van der Waals surface area contributed by atoms with E-state index < -0.39 is 0 Å². The van der Waals surface area contributed by atoms with Gasteiger partial charge in [0, 0.05) is 42.2 Å². The molecule has 9 nitrogen and oxygen atoms in total. The van der Waals surface area contributed by atoms with Gasteiger partial charge in [-0.2, -0.15) is 10.2 Å². The van der Waals surface area contributed by atoms with Gasteiger partial charge in [-0.25, -0.2) is 4.52 Å². The van der Waals surface area contributed by atoms with Crippen LogP contribution in [0, 0.1) is 6.92 Å². The molecule has 1 aliphatic rings. The number of hydrogen-bond acceptors (Lipinski definition) is 6. The van der Waals surface area contributed by atoms with Crippen LogP contribution in [0.25, 0.3) is 5.52 Å². The molecule has 1 fully saturated rings. The van der Waals surface area contributed by atoms with Crippen LogP contribution >= 0.6 is 0 Å². The molecule has 1 amide bonds. The van der Waals surface area contributed by atoms with Gasteiger partial charge >= 0.3 is 0 Å². The van der Waals surface area contributed by atoms with Crippen molar-refractivity contribution in [3.05, 3.63) is 65.9 Å². The van der Waals surface area contributed by atoms with Gasteiger partial charge in [-0.05, 0) is 24.6 Å². The molecule has 176 valence electrons. The van der Waals surface area contributed by atoms with E-state index in [-0.39, 0.29) is 17.4 Å². The third-order valence-corrected chi connectivity index (χ3v) is 6.13. The Morgan fingerprint density at radius 2 is 1.97 bits per heavy atom. The molecule has 0 bridgehead atoms. The molecule has 0 spiro atoms. The number of anilines is 2. The Morgan fingerprint density at radius 1 is 1.18 bits per heavy atom. The number of fused-ring (bicyclic) bond motifs is 1. The summed E-state index contributed by atoms with van der Waals surface area (Å²) in [7, 11) is 1.89. The SMILES string of the molecule is Cc1ccc(C(=O)Nc2cc(C(C)(C)C)n(C)n2)cc1OC1CN(c2cnn3ccncc23)C1. The first-order valence-corrected chi connectivity index (χ1v) is 11.3. The highest BCUT2D eigenvalue weighted by atomic mass is 16.5. The summed E-state index contributed by atoms with van der Waals surface area (Å²) >= 11 is 0. The molecule has 1 N–H and O–H groups in total. The Labute approximate surface area is 198 Å². The fraction of sp³-hybridized carbons (Fsp3) is 0.360. The maximum Gasteiger partial charge on any atom is 0.256 e. The molecule has 0 saturated carbocycles. The van der Waals surface area contributed by atoms with Crippen LogP contribution in [0.4, 0.5) is 11.5 Å². The van der Waals surface area contributed by atoms with E-state index in [9.17, 15) is 4.79 Å². The second kappa shape index (κ2) is 8.16. The number of carbonyl (C=O) groups is 1. The van der Waals surface area contributed by atoms with Crippen molar-refractivity contribution in [2.75, 3.05) is 23.3 Å². The highest BCUT2D eigenvalue weighted by molar-refractivity contribution is 6.04. The lowest BCUT2D eigenvalue weighted by atomic mass is 9.92. The number of benzene rings is 1. The molecule has 0 unspecified atom stereocenters. The second-order valence-electron chi connectivity index (χ2n) is 9.80. The molecule has 1 aromatic carbocycles. The van der Waals surface area contributed by atoms with Gasteiger partial charge in [-0.1, -0.05) is 26.8 Å². The number of aryl methyl sites for hydroxylation is 2. The van der Waals surface area contributed by atoms with Gasteiger partial charge in [0.1, 0.15) is 17.4 Å². The molecule has 4 aromatic rings. The second-order valence-corrected chi connectivity index (χ2v) is 9.80. The number of carbonyl (C=O) groups excluding carboxylic acids is 1. The van der Waals surface area contributed by atoms with Crippen molar-refractivity contribution in [3.8, 4) is 5.75 Å². The third-order valence-electron chi connectivity index (χ3n) is 6.13. The maximum absolute atomic E-state index is 12.9. The number of aromatic nitrogens is 5. The Bertz CT molecular complexity index is 1360. The van der Waals surface area contributed by atoms with E-state index in [0.29, 0.717) is 11.4 Å². The highest BCUT2D eigenvalue weighted by Gasteiger charge is 2.31. The van der Waals surface area contributed by atoms with Gasteiger partial charge in [0.2, 0.25) is 0 Å². The first kappa shape index (κ1) is 21.9. The first-order valence-electron chi connectivity index (χ1n) is 11.3. The number of rotatable bonds is 5. The lowest BCUT2D eigenvalue weighted by Crippen LogP contribution is -2.54. The Morgan fingerprint density at radius 3 is 2.71 bits per heavy atom. The summed E-state index contributed by atoms with van der Waals surface area (Å²) in [5.74, 6) is 1.05. The minimum Gasteiger partial charge on any atom is -0.486 e. The molecule has 9 heteroatoms. The molecular formula is C25H29N7O2. The molecule has 34 heavy (non-hydrogen) atoms. The van der Waals surface area contributed by atoms with E-state index in [4.69, 9.17) is 4.74 Å². The van der Waals surface area contributed by atoms with Crippen LogP contribution in [0.3, 0.4) is 0 Å². The Kier molecular flexibility index (Phi) is 5.27. The monoisotopic (exact) mass is 459 g/mol. The average molecular weight is 460 g/mol. The van der Waals surface area contributed by atoms with Crippen LogP contribution in [0.2, 0.25) is 0 Å². The lowest BCUT2D eigenvalue weighted by molar-refractivity contribution is 0.102. The average Bonchev–Trinajstić information content (AvgIpc) is 3.34. The van der Waals surface area contributed by atoms with Crippen LogP contribution in [0.15, 0.2) is 49.1 Å². The van der Waals surface area contributed by atoms with Gasteiger partial charge in [0.15, 0.2) is 5.82 Å². The largest absolute Gasteiger partial charge is 0.486 e. The molecule has 0 radical (unpaired) electrons. The van der Waals surface area contributed by atoms with Crippen molar-refractivity contribution in [1.82, 2.24) is 24.4 Å². The van der Waals surface area contributed by atoms with Crippen LogP contribution in [0.1, 0.15) is 42.4 Å². The zero-order valence-corrected chi connectivity index (χ0v) is 20.1. The predicted octanol–water partition coefficient (Wildman–Crippen LogP) is 3.59. The van der Waals surface area contributed by atoms with Crippen molar-refractivity contribution < 1.29 is 9.53 Å². The van der Waals surface area contributed by atoms with Gasteiger partial charge in [-0.15, -0.1) is 0 Å². The first-order chi connectivity index (χ1) is 16.2. The van der Waals surface area contributed by atoms with Crippen LogP contribution in [-0.4, -0.2) is 49.5 Å². The van der Waals surface area contributed by atoms with Crippen molar-refractivity contribution in [2.45, 2.75) is 39.2 Å². The van der Waals surface area contributed by atoms with Crippen molar-refractivity contribution in [3.63, 3.8) is 0 Å². The summed E-state index contributed by atoms with van der Waals surface area (Å²) in [6.45, 7) is 9.83. The van der Waals surface area contributed by atoms with Gasteiger partial charge in [0.05, 0.1) is 31.2 Å². The topological polar surface area (TPSA) is 89.6 Å². The van der Waals surface area contributed by atoms with Crippen LogP contribution in [0.5, 0.6) is 5.75 Å². The summed E-state index contributed by atoms with van der Waals surface area (Å²) in [5.41, 5.74) is 4.53. The van der Waals surface area contributed by atoms with Crippen LogP contribution in [-0.2, 0) is 12.5 Å². The zero-order chi connectivity index (χ0) is 24.0. The minimum absolute atomic E-state index is 0.0359. The third kappa shape index (κ3) is 4.09. The van der Waals surface area contributed by atoms with E-state index in [1.54, 1.807) is 12.3 Å². The molecule has 3 aromatic heterocycles. The normalized spacial score (nSPS) is 14.3. The summed E-state index contributed by atoms with van der Waals surface area (Å²) in [6, 6.07) is 7.45. The van der Waals surface area contributed by atoms with Crippen LogP contribution < -0.4 is 15.0 Å². The molecule has 4 heterocycles. The lowest BCUT2D eigenvalue weighted by Gasteiger charge is -2.40. The highest BCUT2D eigenvalue weighted by Crippen LogP contribution is 2.29. The number of ether oxygens (including phenoxy) is 1. The minimum atomic E-state index is -0.211. The van der Waals surface area contributed by atoms with Gasteiger partial charge in [-0.3, -0.25) is 14.5 Å². The van der Waals surface area contributed by atoms with E-state index in [0.717, 1.165) is 41.3 Å². The van der Waals surface area contributed by atoms with E-state index in [1.807, 2.05) is 60.0 Å². The van der Waals surface area contributed by atoms with Crippen molar-refractivity contribution in [2.24, 2.45) is 7.05 Å². The molecule has 0 aliphatic carbocycles. The number of hydrogen-bond donors (Lipinski definition) is 1. The quantitative estimate of drug-likeness (QED) is 0.491. The van der Waals surface area contributed by atoms with Gasteiger partial charge in [0.25, 0.3) is 5.91 Å². The number of nitrogens with one attached hydrogen (secondary N) is 1. The number of nitrogens with zero attached hydrogens (tertiary/aromatic N) is 6. The summed E-state index contributed by atoms with van der Waals surface area (Å²) in [6.07, 6.45) is 7.26. The fourth-order valence-electron chi connectivity index (χ4n) is 4.24. The molecule has 1 saturated heterocycles. The van der Waals surface area contributed by atoms with E-state index in [2.05, 4.69) is 46.2 Å². The van der Waals surface area contributed by atoms with Gasteiger partial charge < -0.3 is 15.0 Å². The fourth-order valence-corrected chi connectivity index (χ4v) is 4.24. The Hall–Kier alpha value is -3.88. The molecular weight excluding hydrogens is 430 g/mol. The number of amides is 1. The molecule has 1 aliphatic heterocycles. The zero-order valence-electron chi connectivity index (χ0n) is 20.1. The predicted molar refractivity (Wildman–Crippen MR) is 131 cm³/mol. The Balaban J connectivity index is 1.25.